The van der Waals surface area contributed by atoms with E-state index in [2.05, 4.69) is 5.32 Å². The van der Waals surface area contributed by atoms with E-state index in [-0.39, 0.29) is 13.2 Å². The summed E-state index contributed by atoms with van der Waals surface area (Å²) in [5.41, 5.74) is 5.97. The fourth-order valence-electron chi connectivity index (χ4n) is 1.60. The van der Waals surface area contributed by atoms with Crippen LogP contribution in [0.3, 0.4) is 0 Å². The maximum Gasteiger partial charge on any atom is 0.332 e. The fourth-order valence-corrected chi connectivity index (χ4v) is 1.77. The lowest BCUT2D eigenvalue weighted by Crippen LogP contribution is -2.28. The minimum Gasteiger partial charge on any atom is -0.496 e. The largest absolute Gasteiger partial charge is 0.496 e. The Kier molecular flexibility index (Phi) is 6.55. The highest BCUT2D eigenvalue weighted by Crippen LogP contribution is 2.27. The van der Waals surface area contributed by atoms with Crippen LogP contribution in [0.5, 0.6) is 5.75 Å². The van der Waals surface area contributed by atoms with E-state index in [1.807, 2.05) is 0 Å². The van der Waals surface area contributed by atoms with Gasteiger partial charge in [-0.15, -0.1) is 0 Å². The highest BCUT2D eigenvalue weighted by atomic mass is 35.5. The number of rotatable bonds is 7. The Balaban J connectivity index is 3.19. The SMILES string of the molecule is CCOC(=O)/C=C(\NCC(N)=O)c1cc(Cl)ccc1OC. The summed E-state index contributed by atoms with van der Waals surface area (Å²) in [4.78, 5) is 22.6. The van der Waals surface area contributed by atoms with E-state index in [0.29, 0.717) is 22.0 Å². The molecule has 3 N–H and O–H groups in total. The molecule has 1 aromatic rings. The molecule has 114 valence electrons. The van der Waals surface area contributed by atoms with Crippen molar-refractivity contribution in [1.29, 1.82) is 0 Å². The molecule has 1 rings (SSSR count). The summed E-state index contributed by atoms with van der Waals surface area (Å²) in [7, 11) is 1.49. The molecule has 0 aliphatic heterocycles. The molecule has 1 amide bonds. The number of methoxy groups -OCH3 is 1. The van der Waals surface area contributed by atoms with Crippen molar-refractivity contribution in [2.75, 3.05) is 20.3 Å². The molecule has 0 unspecified atom stereocenters. The summed E-state index contributed by atoms with van der Waals surface area (Å²) < 4.78 is 10.1. The maximum atomic E-state index is 11.6. The highest BCUT2D eigenvalue weighted by molar-refractivity contribution is 6.30. The lowest BCUT2D eigenvalue weighted by atomic mass is 10.1. The zero-order valence-corrected chi connectivity index (χ0v) is 12.6. The number of carbonyl (C=O) groups is 2. The standard InChI is InChI=1S/C14H17ClN2O4/c1-3-21-14(19)7-11(17-8-13(16)18)10-6-9(15)4-5-12(10)20-2/h4-7,17H,3,8H2,1-2H3,(H2,16,18)/b11-7-. The molecule has 6 nitrogen and oxygen atoms in total. The summed E-state index contributed by atoms with van der Waals surface area (Å²) in [5, 5.41) is 3.23. The summed E-state index contributed by atoms with van der Waals surface area (Å²) in [6, 6.07) is 4.92. The minimum absolute atomic E-state index is 0.138. The number of hydrogen-bond donors (Lipinski definition) is 2. The smallest absolute Gasteiger partial charge is 0.332 e. The number of hydrogen-bond acceptors (Lipinski definition) is 5. The number of esters is 1. The molecule has 0 aromatic heterocycles. The predicted molar refractivity (Wildman–Crippen MR) is 79.8 cm³/mol. The lowest BCUT2D eigenvalue weighted by Gasteiger charge is -2.14. The Bertz CT molecular complexity index is 558. The first-order chi connectivity index (χ1) is 9.97. The van der Waals surface area contributed by atoms with Crippen molar-refractivity contribution in [1.82, 2.24) is 5.32 Å². The van der Waals surface area contributed by atoms with Crippen molar-refractivity contribution >= 4 is 29.2 Å². The third-order valence-electron chi connectivity index (χ3n) is 2.45. The molecule has 0 saturated carbocycles. The van der Waals surface area contributed by atoms with Gasteiger partial charge in [-0.25, -0.2) is 4.79 Å². The van der Waals surface area contributed by atoms with Gasteiger partial charge in [-0.05, 0) is 25.1 Å². The topological polar surface area (TPSA) is 90.6 Å². The Morgan fingerprint density at radius 2 is 2.14 bits per heavy atom. The number of nitrogens with one attached hydrogen (secondary N) is 1. The van der Waals surface area contributed by atoms with Crippen molar-refractivity contribution in [3.05, 3.63) is 34.9 Å². The number of benzene rings is 1. The van der Waals surface area contributed by atoms with Crippen LogP contribution >= 0.6 is 11.6 Å². The van der Waals surface area contributed by atoms with E-state index in [4.69, 9.17) is 26.8 Å². The van der Waals surface area contributed by atoms with Gasteiger partial charge in [0.05, 0.1) is 26.0 Å². The van der Waals surface area contributed by atoms with Crippen LogP contribution in [-0.4, -0.2) is 32.1 Å². The summed E-state index contributed by atoms with van der Waals surface area (Å²) >= 11 is 5.96. The van der Waals surface area contributed by atoms with Crippen molar-refractivity contribution in [2.45, 2.75) is 6.92 Å². The number of carbonyl (C=O) groups excluding carboxylic acids is 2. The lowest BCUT2D eigenvalue weighted by molar-refractivity contribution is -0.137. The van der Waals surface area contributed by atoms with Crippen LogP contribution in [0.2, 0.25) is 5.02 Å². The number of primary amides is 1. The average Bonchev–Trinajstić information content (AvgIpc) is 2.43. The van der Waals surface area contributed by atoms with Crippen LogP contribution in [0.25, 0.3) is 5.70 Å². The van der Waals surface area contributed by atoms with Gasteiger partial charge in [-0.1, -0.05) is 11.6 Å². The first-order valence-corrected chi connectivity index (χ1v) is 6.60. The first kappa shape index (κ1) is 16.8. The predicted octanol–water partition coefficient (Wildman–Crippen LogP) is 1.33. The van der Waals surface area contributed by atoms with Crippen molar-refractivity contribution < 1.29 is 19.1 Å². The summed E-state index contributed by atoms with van der Waals surface area (Å²) in [6.07, 6.45) is 1.22. The van der Waals surface area contributed by atoms with Gasteiger partial charge in [-0.2, -0.15) is 0 Å². The van der Waals surface area contributed by atoms with Crippen molar-refractivity contribution in [3.8, 4) is 5.75 Å². The molecular formula is C14H17ClN2O4. The third kappa shape index (κ3) is 5.35. The Morgan fingerprint density at radius 3 is 2.71 bits per heavy atom. The van der Waals surface area contributed by atoms with Gasteiger partial charge in [0.1, 0.15) is 5.75 Å². The molecule has 0 saturated heterocycles. The second-order valence-electron chi connectivity index (χ2n) is 3.97. The van der Waals surface area contributed by atoms with Crippen molar-refractivity contribution in [3.63, 3.8) is 0 Å². The van der Waals surface area contributed by atoms with E-state index in [0.717, 1.165) is 0 Å². The van der Waals surface area contributed by atoms with Crippen LogP contribution in [0.1, 0.15) is 12.5 Å². The maximum absolute atomic E-state index is 11.6. The second-order valence-corrected chi connectivity index (χ2v) is 4.41. The number of halogens is 1. The Labute approximate surface area is 127 Å². The Morgan fingerprint density at radius 1 is 1.43 bits per heavy atom. The van der Waals surface area contributed by atoms with Gasteiger partial charge in [0.15, 0.2) is 0 Å². The average molecular weight is 313 g/mol. The number of nitrogens with two attached hydrogens (primary N) is 1. The van der Waals surface area contributed by atoms with Crippen LogP contribution in [0.15, 0.2) is 24.3 Å². The van der Waals surface area contributed by atoms with Crippen LogP contribution in [0, 0.1) is 0 Å². The van der Waals surface area contributed by atoms with Gasteiger partial charge in [0.25, 0.3) is 0 Å². The second kappa shape index (κ2) is 8.16. The van der Waals surface area contributed by atoms with Gasteiger partial charge < -0.3 is 20.5 Å². The molecule has 0 atom stereocenters. The zero-order chi connectivity index (χ0) is 15.8. The summed E-state index contributed by atoms with van der Waals surface area (Å²) in [5.74, 6) is -0.621. The van der Waals surface area contributed by atoms with Gasteiger partial charge in [-0.3, -0.25) is 4.79 Å². The molecule has 0 spiro atoms. The number of amides is 1. The number of ether oxygens (including phenoxy) is 2. The quantitative estimate of drug-likeness (QED) is 0.585. The van der Waals surface area contributed by atoms with Crippen LogP contribution < -0.4 is 15.8 Å². The monoisotopic (exact) mass is 312 g/mol. The van der Waals surface area contributed by atoms with Gasteiger partial charge >= 0.3 is 5.97 Å². The molecular weight excluding hydrogens is 296 g/mol. The molecule has 0 bridgehead atoms. The van der Waals surface area contributed by atoms with Crippen LogP contribution in [0.4, 0.5) is 0 Å². The van der Waals surface area contributed by atoms with Crippen molar-refractivity contribution in [2.24, 2.45) is 5.73 Å². The molecule has 0 radical (unpaired) electrons. The van der Waals surface area contributed by atoms with E-state index < -0.39 is 11.9 Å². The fraction of sp³-hybridized carbons (Fsp3) is 0.286. The molecule has 1 aromatic carbocycles. The first-order valence-electron chi connectivity index (χ1n) is 6.22. The summed E-state index contributed by atoms with van der Waals surface area (Å²) in [6.45, 7) is 1.80. The van der Waals surface area contributed by atoms with E-state index >= 15 is 0 Å². The molecule has 7 heteroatoms. The molecule has 0 fully saturated rings. The molecule has 0 aliphatic carbocycles. The zero-order valence-electron chi connectivity index (χ0n) is 11.8. The third-order valence-corrected chi connectivity index (χ3v) is 2.69. The molecule has 21 heavy (non-hydrogen) atoms. The van der Waals surface area contributed by atoms with Gasteiger partial charge in [0, 0.05) is 16.7 Å². The minimum atomic E-state index is -0.564. The van der Waals surface area contributed by atoms with E-state index in [9.17, 15) is 9.59 Å². The van der Waals surface area contributed by atoms with E-state index in [1.54, 1.807) is 25.1 Å². The van der Waals surface area contributed by atoms with Gasteiger partial charge in [0.2, 0.25) is 5.91 Å². The Hall–Kier alpha value is -2.21. The molecule has 0 aliphatic rings. The highest BCUT2D eigenvalue weighted by Gasteiger charge is 2.12. The molecule has 0 heterocycles. The van der Waals surface area contributed by atoms with E-state index in [1.165, 1.54) is 13.2 Å². The van der Waals surface area contributed by atoms with Crippen LogP contribution in [-0.2, 0) is 14.3 Å². The normalized spacial score (nSPS) is 10.9.